The van der Waals surface area contributed by atoms with Gasteiger partial charge < -0.3 is 18.9 Å². The minimum Gasteiger partial charge on any atom is -0.444 e. The van der Waals surface area contributed by atoms with Gasteiger partial charge in [-0.05, 0) is 34.6 Å². The van der Waals surface area contributed by atoms with Crippen molar-refractivity contribution >= 4 is 6.09 Å². The molecule has 0 aliphatic carbocycles. The highest BCUT2D eigenvalue weighted by molar-refractivity contribution is 5.69. The first-order chi connectivity index (χ1) is 9.16. The Kier molecular flexibility index (Phi) is 3.05. The molecule has 0 N–H and O–H groups in total. The zero-order valence-electron chi connectivity index (χ0n) is 12.7. The number of fused-ring (bicyclic) bond motifs is 3. The van der Waals surface area contributed by atoms with Gasteiger partial charge in [-0.3, -0.25) is 4.90 Å². The molecule has 0 bridgehead atoms. The lowest BCUT2D eigenvalue weighted by atomic mass is 9.98. The van der Waals surface area contributed by atoms with Crippen molar-refractivity contribution in [3.8, 4) is 0 Å². The van der Waals surface area contributed by atoms with Crippen LogP contribution in [0.25, 0.3) is 0 Å². The highest BCUT2D eigenvalue weighted by Crippen LogP contribution is 2.41. The summed E-state index contributed by atoms with van der Waals surface area (Å²) < 4.78 is 22.7. The van der Waals surface area contributed by atoms with Crippen LogP contribution < -0.4 is 0 Å². The molecule has 0 aromatic rings. The number of carbonyl (C=O) groups excluding carboxylic acids is 1. The number of epoxide rings is 1. The van der Waals surface area contributed by atoms with Crippen LogP contribution in [0.4, 0.5) is 4.79 Å². The SMILES string of the molecule is CC(C)(C)OC(=O)N1C[C@H]2O[C@H]2[C@@H]2OC(C)(C)OC[C@@H]21. The van der Waals surface area contributed by atoms with Crippen molar-refractivity contribution in [1.29, 1.82) is 0 Å². The number of hydrogen-bond donors (Lipinski definition) is 0. The fourth-order valence-corrected chi connectivity index (χ4v) is 2.83. The smallest absolute Gasteiger partial charge is 0.410 e. The summed E-state index contributed by atoms with van der Waals surface area (Å²) in [5, 5.41) is 0. The average Bonchev–Trinajstić information content (AvgIpc) is 3.03. The van der Waals surface area contributed by atoms with Gasteiger partial charge in [-0.15, -0.1) is 0 Å². The molecule has 0 aromatic carbocycles. The topological polar surface area (TPSA) is 60.5 Å². The second kappa shape index (κ2) is 4.32. The second-order valence-electron chi connectivity index (χ2n) is 7.13. The van der Waals surface area contributed by atoms with Crippen molar-refractivity contribution in [2.24, 2.45) is 0 Å². The first-order valence-electron chi connectivity index (χ1n) is 7.13. The molecular weight excluding hydrogens is 262 g/mol. The predicted molar refractivity (Wildman–Crippen MR) is 70.3 cm³/mol. The highest BCUT2D eigenvalue weighted by atomic mass is 16.7. The van der Waals surface area contributed by atoms with Gasteiger partial charge in [0, 0.05) is 0 Å². The molecule has 114 valence electrons. The van der Waals surface area contributed by atoms with Crippen LogP contribution in [-0.4, -0.2) is 59.9 Å². The number of likely N-dealkylation sites (tertiary alicyclic amines) is 1. The second-order valence-corrected chi connectivity index (χ2v) is 7.13. The molecule has 3 heterocycles. The largest absolute Gasteiger partial charge is 0.444 e. The van der Waals surface area contributed by atoms with Gasteiger partial charge in [0.2, 0.25) is 0 Å². The quantitative estimate of drug-likeness (QED) is 0.632. The Morgan fingerprint density at radius 3 is 2.65 bits per heavy atom. The van der Waals surface area contributed by atoms with E-state index in [0.29, 0.717) is 13.2 Å². The Hall–Kier alpha value is -0.850. The van der Waals surface area contributed by atoms with E-state index >= 15 is 0 Å². The van der Waals surface area contributed by atoms with Crippen molar-refractivity contribution in [3.63, 3.8) is 0 Å². The summed E-state index contributed by atoms with van der Waals surface area (Å²) in [6, 6.07) is -0.137. The van der Waals surface area contributed by atoms with Gasteiger partial charge in [-0.2, -0.15) is 0 Å². The van der Waals surface area contributed by atoms with Crippen molar-refractivity contribution in [2.75, 3.05) is 13.2 Å². The maximum Gasteiger partial charge on any atom is 0.410 e. The van der Waals surface area contributed by atoms with E-state index in [-0.39, 0.29) is 30.4 Å². The fourth-order valence-electron chi connectivity index (χ4n) is 2.83. The molecule has 20 heavy (non-hydrogen) atoms. The van der Waals surface area contributed by atoms with Crippen LogP contribution in [0.3, 0.4) is 0 Å². The van der Waals surface area contributed by atoms with Gasteiger partial charge in [-0.1, -0.05) is 0 Å². The number of rotatable bonds is 0. The van der Waals surface area contributed by atoms with Crippen molar-refractivity contribution in [2.45, 2.75) is 70.4 Å². The molecular formula is C14H23NO5. The van der Waals surface area contributed by atoms with E-state index in [2.05, 4.69) is 0 Å². The van der Waals surface area contributed by atoms with Crippen molar-refractivity contribution < 1.29 is 23.7 Å². The van der Waals surface area contributed by atoms with Crippen LogP contribution in [0.15, 0.2) is 0 Å². The van der Waals surface area contributed by atoms with Gasteiger partial charge in [0.1, 0.15) is 23.9 Å². The molecule has 0 spiro atoms. The third-order valence-corrected chi connectivity index (χ3v) is 3.75. The summed E-state index contributed by atoms with van der Waals surface area (Å²) >= 11 is 0. The van der Waals surface area contributed by atoms with Gasteiger partial charge >= 0.3 is 6.09 Å². The summed E-state index contributed by atoms with van der Waals surface area (Å²) in [5.74, 6) is -0.630. The van der Waals surface area contributed by atoms with E-state index in [1.54, 1.807) is 4.90 Å². The molecule has 1 amide bonds. The minimum atomic E-state index is -0.630. The van der Waals surface area contributed by atoms with Crippen molar-refractivity contribution in [1.82, 2.24) is 4.90 Å². The lowest BCUT2D eigenvalue weighted by molar-refractivity contribution is -0.296. The fraction of sp³-hybridized carbons (Fsp3) is 0.929. The molecule has 3 fully saturated rings. The van der Waals surface area contributed by atoms with Crippen LogP contribution in [0.5, 0.6) is 0 Å². The molecule has 3 rings (SSSR count). The standard InChI is InChI=1S/C14H23NO5/c1-13(2,3)20-12(16)15-6-9-11(18-9)10-8(15)7-17-14(4,5)19-10/h8-11H,6-7H2,1-5H3/t8-,9+,10+,11+/m0/s1. The molecule has 6 nitrogen and oxygen atoms in total. The zero-order chi connectivity index (χ0) is 14.7. The Labute approximate surface area is 119 Å². The first kappa shape index (κ1) is 14.1. The molecule has 0 saturated carbocycles. The van der Waals surface area contributed by atoms with Crippen LogP contribution >= 0.6 is 0 Å². The van der Waals surface area contributed by atoms with Crippen LogP contribution in [-0.2, 0) is 18.9 Å². The number of ether oxygens (including phenoxy) is 4. The lowest BCUT2D eigenvalue weighted by Crippen LogP contribution is -2.63. The van der Waals surface area contributed by atoms with Crippen molar-refractivity contribution in [3.05, 3.63) is 0 Å². The van der Waals surface area contributed by atoms with E-state index in [1.807, 2.05) is 34.6 Å². The van der Waals surface area contributed by atoms with Crippen LogP contribution in [0.2, 0.25) is 0 Å². The first-order valence-corrected chi connectivity index (χ1v) is 7.13. The van der Waals surface area contributed by atoms with Gasteiger partial charge in [-0.25, -0.2) is 4.79 Å². The van der Waals surface area contributed by atoms with E-state index < -0.39 is 11.4 Å². The van der Waals surface area contributed by atoms with E-state index in [1.165, 1.54) is 0 Å². The number of piperidine rings is 1. The predicted octanol–water partition coefficient (Wildman–Crippen LogP) is 1.52. The monoisotopic (exact) mass is 285 g/mol. The third-order valence-electron chi connectivity index (χ3n) is 3.75. The molecule has 3 aliphatic heterocycles. The Balaban J connectivity index is 1.74. The summed E-state index contributed by atoms with van der Waals surface area (Å²) in [7, 11) is 0. The Morgan fingerprint density at radius 1 is 1.30 bits per heavy atom. The summed E-state index contributed by atoms with van der Waals surface area (Å²) in [5.41, 5.74) is -0.510. The molecule has 6 heteroatoms. The summed E-state index contributed by atoms with van der Waals surface area (Å²) in [4.78, 5) is 14.0. The van der Waals surface area contributed by atoms with Gasteiger partial charge in [0.15, 0.2) is 5.79 Å². The molecule has 3 saturated heterocycles. The number of carbonyl (C=O) groups is 1. The van der Waals surface area contributed by atoms with Gasteiger partial charge in [0.05, 0.1) is 19.2 Å². The van der Waals surface area contributed by atoms with E-state index in [4.69, 9.17) is 18.9 Å². The number of amides is 1. The normalized spacial score (nSPS) is 38.8. The molecule has 0 radical (unpaired) electrons. The highest BCUT2D eigenvalue weighted by Gasteiger charge is 2.60. The Bertz CT molecular complexity index is 416. The van der Waals surface area contributed by atoms with Gasteiger partial charge in [0.25, 0.3) is 0 Å². The van der Waals surface area contributed by atoms with Crippen LogP contribution in [0, 0.1) is 0 Å². The number of nitrogens with zero attached hydrogens (tertiary/aromatic N) is 1. The van der Waals surface area contributed by atoms with E-state index in [0.717, 1.165) is 0 Å². The molecule has 0 aromatic heterocycles. The van der Waals surface area contributed by atoms with Crippen LogP contribution in [0.1, 0.15) is 34.6 Å². The molecule has 4 atom stereocenters. The maximum atomic E-state index is 12.3. The molecule has 3 aliphatic rings. The minimum absolute atomic E-state index is 0.0673. The number of hydrogen-bond acceptors (Lipinski definition) is 5. The van der Waals surface area contributed by atoms with E-state index in [9.17, 15) is 4.79 Å². The summed E-state index contributed by atoms with van der Waals surface area (Å²) in [6.07, 6.45) is -0.307. The third kappa shape index (κ3) is 2.64. The zero-order valence-corrected chi connectivity index (χ0v) is 12.7. The Morgan fingerprint density at radius 2 is 2.00 bits per heavy atom. The summed E-state index contributed by atoms with van der Waals surface area (Å²) in [6.45, 7) is 10.3. The lowest BCUT2D eigenvalue weighted by Gasteiger charge is -2.46. The molecule has 0 unspecified atom stereocenters. The average molecular weight is 285 g/mol. The maximum absolute atomic E-state index is 12.3.